The lowest BCUT2D eigenvalue weighted by Gasteiger charge is -2.12. The molecule has 0 unspecified atom stereocenters. The molecule has 2 aromatic carbocycles. The summed E-state index contributed by atoms with van der Waals surface area (Å²) in [4.78, 5) is 4.36. The fraction of sp³-hybridized carbons (Fsp3) is 0.0500. The highest BCUT2D eigenvalue weighted by molar-refractivity contribution is 6.12. The predicted molar refractivity (Wildman–Crippen MR) is 99.3 cm³/mol. The number of fused-ring (bicyclic) bond motifs is 3. The van der Waals surface area contributed by atoms with Gasteiger partial charge in [-0.25, -0.2) is 13.8 Å². The van der Waals surface area contributed by atoms with Crippen molar-refractivity contribution in [2.75, 3.05) is 0 Å². The number of H-pyrrole nitrogens is 2. The van der Waals surface area contributed by atoms with Gasteiger partial charge in [0.05, 0.1) is 34.7 Å². The van der Waals surface area contributed by atoms with Crippen LogP contribution < -0.4 is 0 Å². The van der Waals surface area contributed by atoms with Crippen LogP contribution in [-0.4, -0.2) is 25.4 Å². The average Bonchev–Trinajstić information content (AvgIpc) is 3.35. The number of halogens is 5. The summed E-state index contributed by atoms with van der Waals surface area (Å²) in [6.07, 6.45) is -2.14. The van der Waals surface area contributed by atoms with Gasteiger partial charge in [-0.2, -0.15) is 23.4 Å². The van der Waals surface area contributed by atoms with Gasteiger partial charge >= 0.3 is 6.18 Å². The van der Waals surface area contributed by atoms with E-state index in [1.54, 1.807) is 12.1 Å². The van der Waals surface area contributed by atoms with Gasteiger partial charge in [0.25, 0.3) is 0 Å². The molecule has 0 aliphatic rings. The standard InChI is InChI=1S/C20H10F5N5/c21-10-3-9(4-11(22)5-10)12-6-17(14-8-27-30-19(14)20(23,24)25)28-16-2-1-15-13(18(12)16)7-26-29-15/h1-8H,(H,26,29)(H,27,30). The van der Waals surface area contributed by atoms with E-state index >= 15 is 0 Å². The first-order valence-corrected chi connectivity index (χ1v) is 8.65. The van der Waals surface area contributed by atoms with Crippen LogP contribution in [0.2, 0.25) is 0 Å². The number of hydrogen-bond acceptors (Lipinski definition) is 3. The maximum absolute atomic E-state index is 13.9. The van der Waals surface area contributed by atoms with Gasteiger partial charge < -0.3 is 0 Å². The highest BCUT2D eigenvalue weighted by Crippen LogP contribution is 2.39. The van der Waals surface area contributed by atoms with Crippen LogP contribution in [0, 0.1) is 11.6 Å². The molecule has 10 heteroatoms. The highest BCUT2D eigenvalue weighted by atomic mass is 19.4. The predicted octanol–water partition coefficient (Wildman–Crippen LogP) is 5.47. The van der Waals surface area contributed by atoms with Crippen molar-refractivity contribution < 1.29 is 22.0 Å². The van der Waals surface area contributed by atoms with Gasteiger partial charge in [0.2, 0.25) is 0 Å². The molecule has 0 amide bonds. The molecule has 2 N–H and O–H groups in total. The number of hydrogen-bond donors (Lipinski definition) is 2. The minimum absolute atomic E-state index is 0.0360. The van der Waals surface area contributed by atoms with Gasteiger partial charge in [-0.1, -0.05) is 0 Å². The molecule has 3 heterocycles. The molecule has 150 valence electrons. The molecular formula is C20H10F5N5. The van der Waals surface area contributed by atoms with Crippen LogP contribution in [0.15, 0.2) is 48.8 Å². The Bertz CT molecular complexity index is 1400. The van der Waals surface area contributed by atoms with Crippen LogP contribution in [0.1, 0.15) is 5.69 Å². The van der Waals surface area contributed by atoms with E-state index in [1.807, 2.05) is 5.10 Å². The first-order chi connectivity index (χ1) is 14.3. The minimum atomic E-state index is -4.68. The van der Waals surface area contributed by atoms with Crippen molar-refractivity contribution in [2.45, 2.75) is 6.18 Å². The van der Waals surface area contributed by atoms with E-state index in [0.29, 0.717) is 27.4 Å². The lowest BCUT2D eigenvalue weighted by atomic mass is 9.96. The third-order valence-electron chi connectivity index (χ3n) is 4.77. The Balaban J connectivity index is 1.88. The second-order valence-corrected chi connectivity index (χ2v) is 6.66. The van der Waals surface area contributed by atoms with Crippen molar-refractivity contribution in [3.05, 3.63) is 66.1 Å². The number of nitrogens with one attached hydrogen (secondary N) is 2. The molecule has 5 rings (SSSR count). The van der Waals surface area contributed by atoms with Crippen molar-refractivity contribution in [2.24, 2.45) is 0 Å². The molecule has 0 spiro atoms. The summed E-state index contributed by atoms with van der Waals surface area (Å²) in [5.41, 5.74) is 0.0995. The Morgan fingerprint density at radius 1 is 0.800 bits per heavy atom. The van der Waals surface area contributed by atoms with E-state index in [0.717, 1.165) is 24.4 Å². The van der Waals surface area contributed by atoms with E-state index in [1.165, 1.54) is 12.3 Å². The molecule has 5 nitrogen and oxygen atoms in total. The molecule has 0 atom stereocenters. The second kappa shape index (κ2) is 6.34. The molecule has 0 saturated carbocycles. The zero-order valence-electron chi connectivity index (χ0n) is 14.9. The smallest absolute Gasteiger partial charge is 0.278 e. The van der Waals surface area contributed by atoms with Crippen LogP contribution in [0.5, 0.6) is 0 Å². The Hall–Kier alpha value is -3.82. The van der Waals surface area contributed by atoms with Gasteiger partial charge in [-0.05, 0) is 41.5 Å². The van der Waals surface area contributed by atoms with Gasteiger partial charge in [0.1, 0.15) is 17.3 Å². The van der Waals surface area contributed by atoms with Crippen molar-refractivity contribution in [3.8, 4) is 22.4 Å². The largest absolute Gasteiger partial charge is 0.433 e. The number of pyridine rings is 1. The number of rotatable bonds is 2. The first-order valence-electron chi connectivity index (χ1n) is 8.65. The number of aromatic amines is 2. The molecule has 0 saturated heterocycles. The van der Waals surface area contributed by atoms with Gasteiger partial charge in [-0.3, -0.25) is 10.2 Å². The van der Waals surface area contributed by atoms with Crippen molar-refractivity contribution in [1.29, 1.82) is 0 Å². The normalized spacial score (nSPS) is 12.2. The van der Waals surface area contributed by atoms with Gasteiger partial charge in [-0.15, -0.1) is 0 Å². The third kappa shape index (κ3) is 2.88. The summed E-state index contributed by atoms with van der Waals surface area (Å²) in [5, 5.41) is 13.3. The van der Waals surface area contributed by atoms with Crippen LogP contribution in [0.3, 0.4) is 0 Å². The number of aromatic nitrogens is 5. The summed E-state index contributed by atoms with van der Waals surface area (Å²) in [7, 11) is 0. The minimum Gasteiger partial charge on any atom is -0.278 e. The van der Waals surface area contributed by atoms with E-state index < -0.39 is 23.5 Å². The van der Waals surface area contributed by atoms with Crippen molar-refractivity contribution >= 4 is 21.8 Å². The summed E-state index contributed by atoms with van der Waals surface area (Å²) >= 11 is 0. The Morgan fingerprint density at radius 2 is 1.53 bits per heavy atom. The summed E-state index contributed by atoms with van der Waals surface area (Å²) < 4.78 is 67.9. The molecular weight excluding hydrogens is 405 g/mol. The van der Waals surface area contributed by atoms with E-state index in [2.05, 4.69) is 20.3 Å². The second-order valence-electron chi connectivity index (χ2n) is 6.66. The van der Waals surface area contributed by atoms with E-state index in [-0.39, 0.29) is 16.8 Å². The highest BCUT2D eigenvalue weighted by Gasteiger charge is 2.36. The fourth-order valence-corrected chi connectivity index (χ4v) is 3.52. The number of benzene rings is 2. The lowest BCUT2D eigenvalue weighted by molar-refractivity contribution is -0.140. The summed E-state index contributed by atoms with van der Waals surface area (Å²) in [6.45, 7) is 0. The molecule has 30 heavy (non-hydrogen) atoms. The first kappa shape index (κ1) is 18.2. The van der Waals surface area contributed by atoms with Crippen LogP contribution in [0.25, 0.3) is 44.2 Å². The summed E-state index contributed by atoms with van der Waals surface area (Å²) in [5.74, 6) is -1.62. The van der Waals surface area contributed by atoms with Gasteiger partial charge in [0.15, 0.2) is 0 Å². The van der Waals surface area contributed by atoms with Gasteiger partial charge in [0, 0.05) is 16.8 Å². The molecule has 0 aliphatic heterocycles. The molecule has 0 aliphatic carbocycles. The van der Waals surface area contributed by atoms with Crippen molar-refractivity contribution in [3.63, 3.8) is 0 Å². The van der Waals surface area contributed by atoms with Crippen LogP contribution in [0.4, 0.5) is 22.0 Å². The zero-order chi connectivity index (χ0) is 21.0. The molecule has 5 aromatic rings. The van der Waals surface area contributed by atoms with Crippen LogP contribution in [-0.2, 0) is 6.18 Å². The zero-order valence-corrected chi connectivity index (χ0v) is 14.9. The number of alkyl halides is 3. The average molecular weight is 415 g/mol. The fourth-order valence-electron chi connectivity index (χ4n) is 3.52. The van der Waals surface area contributed by atoms with E-state index in [4.69, 9.17) is 0 Å². The molecule has 0 fully saturated rings. The summed E-state index contributed by atoms with van der Waals surface area (Å²) in [6, 6.07) is 7.59. The van der Waals surface area contributed by atoms with E-state index in [9.17, 15) is 22.0 Å². The maximum Gasteiger partial charge on any atom is 0.433 e. The van der Waals surface area contributed by atoms with Crippen molar-refractivity contribution in [1.82, 2.24) is 25.4 Å². The Labute approximate surface area is 164 Å². The molecule has 0 radical (unpaired) electrons. The lowest BCUT2D eigenvalue weighted by Crippen LogP contribution is -2.07. The van der Waals surface area contributed by atoms with Crippen LogP contribution >= 0.6 is 0 Å². The maximum atomic E-state index is 13.9. The quantitative estimate of drug-likeness (QED) is 0.376. The third-order valence-corrected chi connectivity index (χ3v) is 4.77. The molecule has 0 bridgehead atoms. The topological polar surface area (TPSA) is 70.2 Å². The number of nitrogens with zero attached hydrogens (tertiary/aromatic N) is 3. The SMILES string of the molecule is Fc1cc(F)cc(-c2cc(-c3cn[nH]c3C(F)(F)F)nc3ccc4[nH]ncc4c23)c1. The monoisotopic (exact) mass is 415 g/mol. The molecule has 3 aromatic heterocycles. The Kier molecular flexibility index (Phi) is 3.85. The Morgan fingerprint density at radius 3 is 2.27 bits per heavy atom.